The van der Waals surface area contributed by atoms with Crippen LogP contribution in [0.3, 0.4) is 0 Å². The molecule has 19 heavy (non-hydrogen) atoms. The number of rotatable bonds is 3. The van der Waals surface area contributed by atoms with Gasteiger partial charge in [-0.1, -0.05) is 0 Å². The zero-order valence-corrected chi connectivity index (χ0v) is 12.8. The fourth-order valence-electron chi connectivity index (χ4n) is 2.15. The molecular weight excluding hydrogens is 336 g/mol. The fraction of sp³-hybridized carbons (Fsp3) is 0.545. The molecule has 1 aliphatic rings. The second kappa shape index (κ2) is 5.64. The molecule has 1 aromatic rings. The number of carbonyl (C=O) groups excluding carboxylic acids is 1. The predicted octanol–water partition coefficient (Wildman–Crippen LogP) is 1.20. The molecule has 1 fully saturated rings. The second-order valence-corrected chi connectivity index (χ2v) is 7.15. The van der Waals surface area contributed by atoms with Gasteiger partial charge >= 0.3 is 0 Å². The van der Waals surface area contributed by atoms with Crippen LogP contribution in [-0.4, -0.2) is 44.6 Å². The largest absolute Gasteiger partial charge is 0.444 e. The van der Waals surface area contributed by atoms with Crippen LogP contribution in [0.2, 0.25) is 0 Å². The Hall–Kier alpha value is -0.860. The highest BCUT2D eigenvalue weighted by atomic mass is 79.9. The fourth-order valence-corrected chi connectivity index (χ4v) is 3.25. The van der Waals surface area contributed by atoms with E-state index < -0.39 is 10.0 Å². The predicted molar refractivity (Wildman–Crippen MR) is 73.3 cm³/mol. The zero-order chi connectivity index (χ0) is 14.0. The van der Waals surface area contributed by atoms with Crippen molar-refractivity contribution in [1.82, 2.24) is 9.62 Å². The topological polar surface area (TPSA) is 79.6 Å². The van der Waals surface area contributed by atoms with Gasteiger partial charge in [0.1, 0.15) is 0 Å². The van der Waals surface area contributed by atoms with Gasteiger partial charge in [0.15, 0.2) is 10.4 Å². The van der Waals surface area contributed by atoms with Crippen LogP contribution in [0.15, 0.2) is 21.2 Å². The van der Waals surface area contributed by atoms with Crippen molar-refractivity contribution in [2.45, 2.75) is 18.9 Å². The Labute approximate surface area is 120 Å². The summed E-state index contributed by atoms with van der Waals surface area (Å²) in [6, 6.07) is 3.02. The van der Waals surface area contributed by atoms with E-state index in [1.54, 1.807) is 17.0 Å². The van der Waals surface area contributed by atoms with Gasteiger partial charge in [0, 0.05) is 19.1 Å². The molecule has 8 heteroatoms. The van der Waals surface area contributed by atoms with Gasteiger partial charge < -0.3 is 9.32 Å². The minimum Gasteiger partial charge on any atom is -0.444 e. The van der Waals surface area contributed by atoms with Crippen molar-refractivity contribution >= 4 is 31.9 Å². The molecule has 0 saturated carbocycles. The molecule has 1 amide bonds. The average molecular weight is 351 g/mol. The first kappa shape index (κ1) is 14.5. The molecule has 0 spiro atoms. The SMILES string of the molecule is CS(=O)(=O)NC1CCCN(C(=O)c2ccc(Br)o2)C1. The Morgan fingerprint density at radius 1 is 1.53 bits per heavy atom. The summed E-state index contributed by atoms with van der Waals surface area (Å²) in [6.07, 6.45) is 2.62. The van der Waals surface area contributed by atoms with E-state index in [4.69, 9.17) is 4.42 Å². The molecule has 0 bridgehead atoms. The molecule has 1 unspecified atom stereocenters. The second-order valence-electron chi connectivity index (χ2n) is 4.58. The summed E-state index contributed by atoms with van der Waals surface area (Å²) in [5.41, 5.74) is 0. The maximum absolute atomic E-state index is 12.2. The van der Waals surface area contributed by atoms with E-state index in [1.807, 2.05) is 0 Å². The number of hydrogen-bond acceptors (Lipinski definition) is 4. The highest BCUT2D eigenvalue weighted by Crippen LogP contribution is 2.18. The van der Waals surface area contributed by atoms with E-state index in [0.29, 0.717) is 17.8 Å². The molecule has 0 aliphatic carbocycles. The highest BCUT2D eigenvalue weighted by molar-refractivity contribution is 9.10. The maximum atomic E-state index is 12.2. The van der Waals surface area contributed by atoms with Crippen LogP contribution < -0.4 is 4.72 Å². The first-order valence-corrected chi connectivity index (χ1v) is 8.55. The number of sulfonamides is 1. The van der Waals surface area contributed by atoms with Gasteiger partial charge in [0.2, 0.25) is 10.0 Å². The Morgan fingerprint density at radius 3 is 2.84 bits per heavy atom. The lowest BCUT2D eigenvalue weighted by Crippen LogP contribution is -2.49. The number of carbonyl (C=O) groups is 1. The first-order chi connectivity index (χ1) is 8.85. The van der Waals surface area contributed by atoms with Crippen molar-refractivity contribution in [2.75, 3.05) is 19.3 Å². The van der Waals surface area contributed by atoms with Gasteiger partial charge in [-0.05, 0) is 40.9 Å². The monoisotopic (exact) mass is 350 g/mol. The summed E-state index contributed by atoms with van der Waals surface area (Å²) in [5, 5.41) is 0. The van der Waals surface area contributed by atoms with E-state index in [0.717, 1.165) is 19.1 Å². The standard InChI is InChI=1S/C11H15BrN2O4S/c1-19(16,17)13-8-3-2-6-14(7-8)11(15)9-4-5-10(12)18-9/h4-5,8,13H,2-3,6-7H2,1H3. The van der Waals surface area contributed by atoms with Gasteiger partial charge in [0.25, 0.3) is 5.91 Å². The first-order valence-electron chi connectivity index (χ1n) is 5.87. The van der Waals surface area contributed by atoms with Crippen molar-refractivity contribution in [3.8, 4) is 0 Å². The van der Waals surface area contributed by atoms with Crippen LogP contribution in [0.5, 0.6) is 0 Å². The van der Waals surface area contributed by atoms with E-state index in [2.05, 4.69) is 20.7 Å². The summed E-state index contributed by atoms with van der Waals surface area (Å²) in [4.78, 5) is 13.8. The van der Waals surface area contributed by atoms with Crippen LogP contribution in [0.4, 0.5) is 0 Å². The summed E-state index contributed by atoms with van der Waals surface area (Å²) in [6.45, 7) is 0.976. The Balaban J connectivity index is 2.03. The Morgan fingerprint density at radius 2 is 2.26 bits per heavy atom. The molecule has 106 valence electrons. The number of amides is 1. The number of halogens is 1. The zero-order valence-electron chi connectivity index (χ0n) is 10.4. The molecule has 2 heterocycles. The summed E-state index contributed by atoms with van der Waals surface area (Å²) < 4.78 is 30.7. The highest BCUT2D eigenvalue weighted by Gasteiger charge is 2.27. The van der Waals surface area contributed by atoms with Crippen LogP contribution >= 0.6 is 15.9 Å². The van der Waals surface area contributed by atoms with E-state index in [1.165, 1.54) is 0 Å². The lowest BCUT2D eigenvalue weighted by molar-refractivity contribution is 0.0669. The van der Waals surface area contributed by atoms with E-state index in [9.17, 15) is 13.2 Å². The van der Waals surface area contributed by atoms with Crippen LogP contribution in [-0.2, 0) is 10.0 Å². The molecule has 0 radical (unpaired) electrons. The van der Waals surface area contributed by atoms with Crippen molar-refractivity contribution in [3.63, 3.8) is 0 Å². The van der Waals surface area contributed by atoms with Gasteiger partial charge in [0.05, 0.1) is 6.26 Å². The molecule has 1 aliphatic heterocycles. The molecule has 1 saturated heterocycles. The number of nitrogens with one attached hydrogen (secondary N) is 1. The summed E-state index contributed by atoms with van der Waals surface area (Å²) in [5.74, 6) is 0.0394. The van der Waals surface area contributed by atoms with Crippen molar-refractivity contribution < 1.29 is 17.6 Å². The minimum atomic E-state index is -3.25. The number of likely N-dealkylation sites (tertiary alicyclic amines) is 1. The lowest BCUT2D eigenvalue weighted by atomic mass is 10.1. The van der Waals surface area contributed by atoms with Crippen molar-refractivity contribution in [3.05, 3.63) is 22.6 Å². The maximum Gasteiger partial charge on any atom is 0.289 e. The Kier molecular flexibility index (Phi) is 4.32. The molecule has 1 aromatic heterocycles. The van der Waals surface area contributed by atoms with Crippen LogP contribution in [0, 0.1) is 0 Å². The van der Waals surface area contributed by atoms with Gasteiger partial charge in [-0.25, -0.2) is 13.1 Å². The number of hydrogen-bond donors (Lipinski definition) is 1. The molecule has 6 nitrogen and oxygen atoms in total. The summed E-state index contributed by atoms with van der Waals surface area (Å²) >= 11 is 3.15. The summed E-state index contributed by atoms with van der Waals surface area (Å²) in [7, 11) is -3.25. The molecule has 2 rings (SSSR count). The molecule has 1 atom stereocenters. The normalized spacial score (nSPS) is 20.5. The number of nitrogens with zero attached hydrogens (tertiary/aromatic N) is 1. The number of furan rings is 1. The van der Waals surface area contributed by atoms with Crippen molar-refractivity contribution in [1.29, 1.82) is 0 Å². The molecular formula is C11H15BrN2O4S. The van der Waals surface area contributed by atoms with Crippen LogP contribution in [0.1, 0.15) is 23.4 Å². The third-order valence-corrected chi connectivity index (χ3v) is 4.06. The minimum absolute atomic E-state index is 0.217. The third kappa shape index (κ3) is 4.05. The third-order valence-electron chi connectivity index (χ3n) is 2.87. The van der Waals surface area contributed by atoms with Crippen LogP contribution in [0.25, 0.3) is 0 Å². The van der Waals surface area contributed by atoms with Gasteiger partial charge in [-0.2, -0.15) is 0 Å². The average Bonchev–Trinajstić information content (AvgIpc) is 2.73. The quantitative estimate of drug-likeness (QED) is 0.887. The van der Waals surface area contributed by atoms with Crippen molar-refractivity contribution in [2.24, 2.45) is 0 Å². The van der Waals surface area contributed by atoms with E-state index in [-0.39, 0.29) is 17.7 Å². The van der Waals surface area contributed by atoms with Gasteiger partial charge in [-0.3, -0.25) is 4.79 Å². The molecule has 0 aromatic carbocycles. The number of piperidine rings is 1. The molecule has 1 N–H and O–H groups in total. The van der Waals surface area contributed by atoms with E-state index >= 15 is 0 Å². The van der Waals surface area contributed by atoms with Gasteiger partial charge in [-0.15, -0.1) is 0 Å². The Bertz CT molecular complexity index is 569. The lowest BCUT2D eigenvalue weighted by Gasteiger charge is -2.32. The smallest absolute Gasteiger partial charge is 0.289 e.